The molecule has 0 saturated heterocycles. The lowest BCUT2D eigenvalue weighted by Crippen LogP contribution is -1.89. The van der Waals surface area contributed by atoms with Crippen LogP contribution in [0.1, 0.15) is 0 Å². The molecule has 0 aliphatic rings. The van der Waals surface area contributed by atoms with Gasteiger partial charge in [0, 0.05) is 24.0 Å². The predicted octanol–water partition coefficient (Wildman–Crippen LogP) is 2.94. The molecule has 1 aromatic carbocycles. The molecule has 0 amide bonds. The van der Waals surface area contributed by atoms with Gasteiger partial charge in [-0.25, -0.2) is 4.98 Å². The van der Waals surface area contributed by atoms with E-state index in [9.17, 15) is 0 Å². The van der Waals surface area contributed by atoms with Crippen LogP contribution in [0, 0.1) is 0 Å². The minimum absolute atomic E-state index is 0. The monoisotopic (exact) mass is 276 g/mol. The zero-order valence-electron chi connectivity index (χ0n) is 9.47. The molecule has 17 heavy (non-hydrogen) atoms. The minimum atomic E-state index is 0. The van der Waals surface area contributed by atoms with Crippen LogP contribution in [0.25, 0.3) is 11.4 Å². The number of nitrogens with zero attached hydrogens (tertiary/aromatic N) is 1. The number of aromatic nitrogens is 2. The number of rotatable bonds is 3. The van der Waals surface area contributed by atoms with E-state index in [1.54, 1.807) is 26.6 Å². The summed E-state index contributed by atoms with van der Waals surface area (Å²) in [4.78, 5) is 7.20. The van der Waals surface area contributed by atoms with Crippen molar-refractivity contribution in [3.63, 3.8) is 0 Å². The van der Waals surface area contributed by atoms with Crippen LogP contribution in [0.15, 0.2) is 30.6 Å². The highest BCUT2D eigenvalue weighted by Crippen LogP contribution is 2.27. The summed E-state index contributed by atoms with van der Waals surface area (Å²) in [6, 6.07) is 5.63. The number of hydrogen-bond acceptors (Lipinski definition) is 3. The first kappa shape index (κ1) is 15.6. The topological polar surface area (TPSA) is 47.1 Å². The number of imidazole rings is 1. The molecule has 1 aromatic heterocycles. The molecule has 4 nitrogen and oxygen atoms in total. The molecule has 2 aromatic rings. The lowest BCUT2D eigenvalue weighted by Gasteiger charge is -2.06. The van der Waals surface area contributed by atoms with Crippen molar-refractivity contribution in [2.24, 2.45) is 0 Å². The number of nitrogens with one attached hydrogen (secondary N) is 1. The van der Waals surface area contributed by atoms with E-state index in [0.717, 1.165) is 22.9 Å². The molecule has 0 spiro atoms. The number of ether oxygens (including phenoxy) is 2. The highest BCUT2D eigenvalue weighted by Gasteiger charge is 2.05. The Morgan fingerprint density at radius 1 is 1.00 bits per heavy atom. The van der Waals surface area contributed by atoms with Crippen LogP contribution in [-0.4, -0.2) is 24.2 Å². The van der Waals surface area contributed by atoms with Gasteiger partial charge in [-0.15, -0.1) is 24.8 Å². The molecule has 0 fully saturated rings. The van der Waals surface area contributed by atoms with Gasteiger partial charge in [-0.1, -0.05) is 0 Å². The molecule has 6 heteroatoms. The Kier molecular flexibility index (Phi) is 6.46. The molecule has 94 valence electrons. The summed E-state index contributed by atoms with van der Waals surface area (Å²) in [6.07, 6.45) is 3.49. The lowest BCUT2D eigenvalue weighted by molar-refractivity contribution is 0.394. The summed E-state index contributed by atoms with van der Waals surface area (Å²) in [5.41, 5.74) is 0.941. The Morgan fingerprint density at radius 3 is 2.00 bits per heavy atom. The van der Waals surface area contributed by atoms with Gasteiger partial charge in [0.2, 0.25) is 0 Å². The third kappa shape index (κ3) is 3.54. The molecular formula is C11H14Cl2N2O2. The van der Waals surface area contributed by atoms with Crippen LogP contribution in [0.3, 0.4) is 0 Å². The second-order valence-electron chi connectivity index (χ2n) is 3.04. The summed E-state index contributed by atoms with van der Waals surface area (Å²) in [5.74, 6) is 2.30. The molecule has 2 rings (SSSR count). The van der Waals surface area contributed by atoms with Gasteiger partial charge in [-0.2, -0.15) is 0 Å². The Morgan fingerprint density at radius 2 is 1.59 bits per heavy atom. The standard InChI is InChI=1S/C11H12N2O2.2ClH/c1-14-9-5-8(6-10(7-9)15-2)11-12-3-4-13-11;;/h3-7H,1-2H3,(H,12,13);2*1H. The van der Waals surface area contributed by atoms with Crippen molar-refractivity contribution >= 4 is 24.8 Å². The van der Waals surface area contributed by atoms with Crippen LogP contribution in [0.2, 0.25) is 0 Å². The third-order valence-corrected chi connectivity index (χ3v) is 2.12. The molecule has 0 aliphatic heterocycles. The second kappa shape index (κ2) is 7.04. The first-order valence-corrected chi connectivity index (χ1v) is 4.56. The van der Waals surface area contributed by atoms with Crippen molar-refractivity contribution in [3.8, 4) is 22.9 Å². The van der Waals surface area contributed by atoms with Crippen molar-refractivity contribution < 1.29 is 9.47 Å². The van der Waals surface area contributed by atoms with Crippen molar-refractivity contribution in [1.29, 1.82) is 0 Å². The van der Waals surface area contributed by atoms with Crippen molar-refractivity contribution in [2.45, 2.75) is 0 Å². The number of methoxy groups -OCH3 is 2. The second-order valence-corrected chi connectivity index (χ2v) is 3.04. The Balaban J connectivity index is 0.00000128. The van der Waals surface area contributed by atoms with Gasteiger partial charge < -0.3 is 14.5 Å². The highest BCUT2D eigenvalue weighted by molar-refractivity contribution is 5.85. The fraction of sp³-hybridized carbons (Fsp3) is 0.182. The predicted molar refractivity (Wildman–Crippen MR) is 71.6 cm³/mol. The summed E-state index contributed by atoms with van der Waals surface area (Å²) >= 11 is 0. The highest BCUT2D eigenvalue weighted by atomic mass is 35.5. The van der Waals surface area contributed by atoms with Gasteiger partial charge in [0.1, 0.15) is 17.3 Å². The van der Waals surface area contributed by atoms with E-state index in [4.69, 9.17) is 9.47 Å². The smallest absolute Gasteiger partial charge is 0.137 e. The molecule has 0 bridgehead atoms. The maximum absolute atomic E-state index is 5.17. The summed E-state index contributed by atoms with van der Waals surface area (Å²) in [7, 11) is 3.25. The molecular weight excluding hydrogens is 263 g/mol. The lowest BCUT2D eigenvalue weighted by atomic mass is 10.2. The van der Waals surface area contributed by atoms with E-state index in [1.807, 2.05) is 18.2 Å². The molecule has 1 N–H and O–H groups in total. The Labute approximate surface area is 112 Å². The van der Waals surface area contributed by atoms with Crippen LogP contribution >= 0.6 is 24.8 Å². The number of aromatic amines is 1. The average Bonchev–Trinajstić information content (AvgIpc) is 2.81. The van der Waals surface area contributed by atoms with Crippen molar-refractivity contribution in [1.82, 2.24) is 9.97 Å². The fourth-order valence-corrected chi connectivity index (χ4v) is 1.37. The molecule has 0 aliphatic carbocycles. The average molecular weight is 277 g/mol. The first-order valence-electron chi connectivity index (χ1n) is 4.56. The molecule has 0 unspecified atom stereocenters. The van der Waals surface area contributed by atoms with E-state index in [2.05, 4.69) is 9.97 Å². The van der Waals surface area contributed by atoms with E-state index >= 15 is 0 Å². The van der Waals surface area contributed by atoms with E-state index in [-0.39, 0.29) is 24.8 Å². The molecule has 1 heterocycles. The summed E-state index contributed by atoms with van der Waals surface area (Å²) in [5, 5.41) is 0. The normalized spacial score (nSPS) is 8.82. The van der Waals surface area contributed by atoms with Gasteiger partial charge in [0.15, 0.2) is 0 Å². The Bertz CT molecular complexity index is 424. The number of benzene rings is 1. The van der Waals surface area contributed by atoms with Gasteiger partial charge in [-0.3, -0.25) is 0 Å². The van der Waals surface area contributed by atoms with Gasteiger partial charge >= 0.3 is 0 Å². The van der Waals surface area contributed by atoms with Gasteiger partial charge in [0.05, 0.1) is 14.2 Å². The third-order valence-electron chi connectivity index (χ3n) is 2.12. The molecule has 0 saturated carbocycles. The number of hydrogen-bond donors (Lipinski definition) is 1. The van der Waals surface area contributed by atoms with Crippen molar-refractivity contribution in [2.75, 3.05) is 14.2 Å². The molecule has 0 radical (unpaired) electrons. The van der Waals surface area contributed by atoms with Crippen molar-refractivity contribution in [3.05, 3.63) is 30.6 Å². The zero-order chi connectivity index (χ0) is 10.7. The molecule has 0 atom stereocenters. The van der Waals surface area contributed by atoms with E-state index < -0.39 is 0 Å². The number of halogens is 2. The summed E-state index contributed by atoms with van der Waals surface area (Å²) < 4.78 is 10.3. The van der Waals surface area contributed by atoms with E-state index in [0.29, 0.717) is 0 Å². The fourth-order valence-electron chi connectivity index (χ4n) is 1.37. The van der Waals surface area contributed by atoms with Crippen LogP contribution in [-0.2, 0) is 0 Å². The van der Waals surface area contributed by atoms with Gasteiger partial charge in [-0.05, 0) is 12.1 Å². The minimum Gasteiger partial charge on any atom is -0.497 e. The first-order chi connectivity index (χ1) is 7.33. The maximum Gasteiger partial charge on any atom is 0.137 e. The van der Waals surface area contributed by atoms with Crippen LogP contribution < -0.4 is 9.47 Å². The number of H-pyrrole nitrogens is 1. The summed E-state index contributed by atoms with van der Waals surface area (Å²) in [6.45, 7) is 0. The largest absolute Gasteiger partial charge is 0.497 e. The maximum atomic E-state index is 5.17. The van der Waals surface area contributed by atoms with Crippen LogP contribution in [0.4, 0.5) is 0 Å². The zero-order valence-corrected chi connectivity index (χ0v) is 11.1. The van der Waals surface area contributed by atoms with E-state index in [1.165, 1.54) is 0 Å². The van der Waals surface area contributed by atoms with Crippen LogP contribution in [0.5, 0.6) is 11.5 Å². The SMILES string of the molecule is COc1cc(OC)cc(-c2ncc[nH]2)c1.Cl.Cl. The quantitative estimate of drug-likeness (QED) is 0.938. The Hall–Kier alpha value is -1.39. The van der Waals surface area contributed by atoms with Gasteiger partial charge in [0.25, 0.3) is 0 Å².